The van der Waals surface area contributed by atoms with Gasteiger partial charge >= 0.3 is 5.97 Å². The molecule has 1 rings (SSSR count). The van der Waals surface area contributed by atoms with Crippen LogP contribution in [0.2, 0.25) is 0 Å². The molecule has 0 spiro atoms. The van der Waals surface area contributed by atoms with E-state index in [4.69, 9.17) is 16.3 Å². The lowest BCUT2D eigenvalue weighted by atomic mass is 9.98. The molecule has 2 atom stereocenters. The highest BCUT2D eigenvalue weighted by Crippen LogP contribution is 2.20. The molecule has 0 aromatic carbocycles. The summed E-state index contributed by atoms with van der Waals surface area (Å²) in [4.78, 5) is 10.8. The van der Waals surface area contributed by atoms with Gasteiger partial charge in [0.25, 0.3) is 0 Å². The molecular formula is C7H11ClO2. The molecule has 1 aliphatic rings. The lowest BCUT2D eigenvalue weighted by Gasteiger charge is -2.24. The Morgan fingerprint density at radius 1 is 1.80 bits per heavy atom. The second-order valence-electron chi connectivity index (χ2n) is 2.81. The van der Waals surface area contributed by atoms with E-state index in [-0.39, 0.29) is 12.1 Å². The molecule has 0 saturated carbocycles. The second kappa shape index (κ2) is 3.24. The maximum Gasteiger partial charge on any atom is 0.306 e. The van der Waals surface area contributed by atoms with E-state index in [2.05, 4.69) is 0 Å². The Labute approximate surface area is 65.5 Å². The molecule has 1 aliphatic heterocycles. The number of hydrogen-bond donors (Lipinski definition) is 0. The number of rotatable bonds is 1. The summed E-state index contributed by atoms with van der Waals surface area (Å²) in [7, 11) is 0. The van der Waals surface area contributed by atoms with Gasteiger partial charge in [-0.1, -0.05) is 6.92 Å². The number of hydrogen-bond acceptors (Lipinski definition) is 2. The molecule has 2 nitrogen and oxygen atoms in total. The molecule has 58 valence electrons. The maximum absolute atomic E-state index is 10.8. The Balaban J connectivity index is 2.42. The topological polar surface area (TPSA) is 26.3 Å². The Morgan fingerprint density at radius 3 is 3.00 bits per heavy atom. The molecule has 0 amide bonds. The summed E-state index contributed by atoms with van der Waals surface area (Å²) >= 11 is 5.53. The molecule has 1 heterocycles. The number of cyclic esters (lactones) is 1. The van der Waals surface area contributed by atoms with Crippen molar-refractivity contribution in [1.82, 2.24) is 0 Å². The van der Waals surface area contributed by atoms with Crippen molar-refractivity contribution >= 4 is 17.6 Å². The molecule has 1 saturated heterocycles. The van der Waals surface area contributed by atoms with Crippen molar-refractivity contribution in [2.45, 2.75) is 25.9 Å². The largest absolute Gasteiger partial charge is 0.461 e. The Hall–Kier alpha value is -0.240. The molecule has 0 N–H and O–H groups in total. The van der Waals surface area contributed by atoms with Crippen molar-refractivity contribution in [3.63, 3.8) is 0 Å². The van der Waals surface area contributed by atoms with Gasteiger partial charge < -0.3 is 4.74 Å². The fourth-order valence-corrected chi connectivity index (χ4v) is 1.38. The SMILES string of the molecule is CC1CC(=O)OC(CCl)C1. The van der Waals surface area contributed by atoms with Crippen molar-refractivity contribution in [2.75, 3.05) is 5.88 Å². The minimum atomic E-state index is -0.107. The van der Waals surface area contributed by atoms with Gasteiger partial charge in [0.2, 0.25) is 0 Å². The predicted octanol–water partition coefficient (Wildman–Crippen LogP) is 1.57. The summed E-state index contributed by atoms with van der Waals surface area (Å²) in [5.74, 6) is 0.755. The highest BCUT2D eigenvalue weighted by molar-refractivity contribution is 6.18. The molecule has 0 aromatic heterocycles. The van der Waals surface area contributed by atoms with Crippen LogP contribution in [0.25, 0.3) is 0 Å². The van der Waals surface area contributed by atoms with Crippen molar-refractivity contribution in [1.29, 1.82) is 0 Å². The summed E-state index contributed by atoms with van der Waals surface area (Å²) < 4.78 is 4.94. The van der Waals surface area contributed by atoms with E-state index in [0.29, 0.717) is 18.2 Å². The third-order valence-electron chi connectivity index (χ3n) is 1.65. The molecule has 3 heteroatoms. The number of carbonyl (C=O) groups is 1. The van der Waals surface area contributed by atoms with E-state index in [1.807, 2.05) is 6.92 Å². The van der Waals surface area contributed by atoms with Gasteiger partial charge in [-0.3, -0.25) is 4.79 Å². The Bertz CT molecular complexity index is 136. The van der Waals surface area contributed by atoms with Gasteiger partial charge in [-0.25, -0.2) is 0 Å². The van der Waals surface area contributed by atoms with Crippen LogP contribution in [-0.4, -0.2) is 18.0 Å². The Kier molecular flexibility index (Phi) is 2.55. The molecule has 0 aliphatic carbocycles. The van der Waals surface area contributed by atoms with Crippen molar-refractivity contribution in [3.8, 4) is 0 Å². The quantitative estimate of drug-likeness (QED) is 0.432. The summed E-state index contributed by atoms with van der Waals surface area (Å²) in [5, 5.41) is 0. The van der Waals surface area contributed by atoms with Gasteiger partial charge in [0, 0.05) is 6.42 Å². The van der Waals surface area contributed by atoms with Gasteiger partial charge in [0.15, 0.2) is 0 Å². The van der Waals surface area contributed by atoms with E-state index in [1.54, 1.807) is 0 Å². The average molecular weight is 163 g/mol. The van der Waals surface area contributed by atoms with Crippen LogP contribution >= 0.6 is 11.6 Å². The fourth-order valence-electron chi connectivity index (χ4n) is 1.19. The zero-order chi connectivity index (χ0) is 7.56. The smallest absolute Gasteiger partial charge is 0.306 e. The number of esters is 1. The van der Waals surface area contributed by atoms with Crippen LogP contribution in [0.3, 0.4) is 0 Å². The van der Waals surface area contributed by atoms with Gasteiger partial charge in [-0.2, -0.15) is 0 Å². The van der Waals surface area contributed by atoms with Crippen molar-refractivity contribution in [2.24, 2.45) is 5.92 Å². The van der Waals surface area contributed by atoms with Crippen LogP contribution in [0.1, 0.15) is 19.8 Å². The van der Waals surface area contributed by atoms with Crippen LogP contribution < -0.4 is 0 Å². The number of alkyl halides is 1. The highest BCUT2D eigenvalue weighted by Gasteiger charge is 2.24. The zero-order valence-corrected chi connectivity index (χ0v) is 6.73. The van der Waals surface area contributed by atoms with E-state index >= 15 is 0 Å². The molecule has 10 heavy (non-hydrogen) atoms. The van der Waals surface area contributed by atoms with E-state index in [1.165, 1.54) is 0 Å². The lowest BCUT2D eigenvalue weighted by molar-refractivity contribution is -0.154. The molecule has 0 bridgehead atoms. The van der Waals surface area contributed by atoms with Gasteiger partial charge in [0.05, 0.1) is 5.88 Å². The van der Waals surface area contributed by atoms with Crippen LogP contribution in [0.15, 0.2) is 0 Å². The van der Waals surface area contributed by atoms with Crippen molar-refractivity contribution < 1.29 is 9.53 Å². The third-order valence-corrected chi connectivity index (χ3v) is 1.99. The number of ether oxygens (including phenoxy) is 1. The van der Waals surface area contributed by atoms with Crippen LogP contribution in [0, 0.1) is 5.92 Å². The molecule has 2 unspecified atom stereocenters. The predicted molar refractivity (Wildman–Crippen MR) is 39.0 cm³/mol. The zero-order valence-electron chi connectivity index (χ0n) is 5.97. The summed E-state index contributed by atoms with van der Waals surface area (Å²) in [6.07, 6.45) is 1.42. The minimum Gasteiger partial charge on any atom is -0.461 e. The number of halogens is 1. The van der Waals surface area contributed by atoms with E-state index in [9.17, 15) is 4.79 Å². The monoisotopic (exact) mass is 162 g/mol. The lowest BCUT2D eigenvalue weighted by Crippen LogP contribution is -2.29. The molecule has 1 fully saturated rings. The first-order chi connectivity index (χ1) is 4.72. The van der Waals surface area contributed by atoms with Crippen LogP contribution in [-0.2, 0) is 9.53 Å². The van der Waals surface area contributed by atoms with E-state index in [0.717, 1.165) is 6.42 Å². The normalized spacial score (nSPS) is 33.6. The van der Waals surface area contributed by atoms with Crippen molar-refractivity contribution in [3.05, 3.63) is 0 Å². The fraction of sp³-hybridized carbons (Fsp3) is 0.857. The average Bonchev–Trinajstić information content (AvgIpc) is 1.85. The number of carbonyl (C=O) groups excluding carboxylic acids is 1. The Morgan fingerprint density at radius 2 is 2.50 bits per heavy atom. The van der Waals surface area contributed by atoms with Gasteiger partial charge in [-0.15, -0.1) is 11.6 Å². The summed E-state index contributed by atoms with van der Waals surface area (Å²) in [6.45, 7) is 2.04. The van der Waals surface area contributed by atoms with E-state index < -0.39 is 0 Å². The first kappa shape index (κ1) is 7.86. The standard InChI is InChI=1S/C7H11ClO2/c1-5-2-6(4-8)10-7(9)3-5/h5-6H,2-4H2,1H3. The molecule has 0 aromatic rings. The molecule has 0 radical (unpaired) electrons. The van der Waals surface area contributed by atoms with Gasteiger partial charge in [0.1, 0.15) is 6.10 Å². The first-order valence-electron chi connectivity index (χ1n) is 3.48. The summed E-state index contributed by atoms with van der Waals surface area (Å²) in [5.41, 5.74) is 0. The van der Waals surface area contributed by atoms with Crippen LogP contribution in [0.4, 0.5) is 0 Å². The minimum absolute atomic E-state index is 0.0436. The third kappa shape index (κ3) is 1.87. The second-order valence-corrected chi connectivity index (χ2v) is 3.12. The highest BCUT2D eigenvalue weighted by atomic mass is 35.5. The molecular weight excluding hydrogens is 152 g/mol. The van der Waals surface area contributed by atoms with Crippen LogP contribution in [0.5, 0.6) is 0 Å². The maximum atomic E-state index is 10.8. The summed E-state index contributed by atoms with van der Waals surface area (Å²) in [6, 6.07) is 0. The van der Waals surface area contributed by atoms with Gasteiger partial charge in [-0.05, 0) is 12.3 Å². The first-order valence-corrected chi connectivity index (χ1v) is 4.01.